The zero-order chi connectivity index (χ0) is 22.2. The maximum atomic E-state index is 13.2. The number of hydrogen-bond acceptors (Lipinski definition) is 3. The Balaban J connectivity index is 1.61. The van der Waals surface area contributed by atoms with Crippen molar-refractivity contribution in [3.63, 3.8) is 0 Å². The number of nitrogens with zero attached hydrogens (tertiary/aromatic N) is 2. The molecule has 1 atom stereocenters. The average molecular weight is 449 g/mol. The van der Waals surface area contributed by atoms with Crippen LogP contribution < -0.4 is 5.32 Å². The molecule has 0 spiro atoms. The molecule has 5 rings (SSSR count). The van der Waals surface area contributed by atoms with Crippen LogP contribution in [-0.4, -0.2) is 33.2 Å². The van der Waals surface area contributed by atoms with Crippen LogP contribution in [0.25, 0.3) is 22.4 Å². The van der Waals surface area contributed by atoms with Gasteiger partial charge in [0.1, 0.15) is 11.6 Å². The summed E-state index contributed by atoms with van der Waals surface area (Å²) in [6, 6.07) is 14.8. The summed E-state index contributed by atoms with van der Waals surface area (Å²) in [5.74, 6) is 1.28. The number of benzene rings is 2. The van der Waals surface area contributed by atoms with E-state index >= 15 is 0 Å². The van der Waals surface area contributed by atoms with Crippen LogP contribution >= 0.6 is 11.6 Å². The molecule has 2 aromatic carbocycles. The third-order valence-electron chi connectivity index (χ3n) is 6.20. The second-order valence-corrected chi connectivity index (χ2v) is 8.68. The van der Waals surface area contributed by atoms with Gasteiger partial charge < -0.3 is 19.6 Å². The Labute approximate surface area is 191 Å². The third kappa shape index (κ3) is 3.80. The van der Waals surface area contributed by atoms with Gasteiger partial charge in [-0.05, 0) is 68.7 Å². The van der Waals surface area contributed by atoms with Crippen molar-refractivity contribution in [3.8, 4) is 11.4 Å². The first kappa shape index (κ1) is 20.8. The Morgan fingerprint density at radius 3 is 2.72 bits per heavy atom. The van der Waals surface area contributed by atoms with E-state index < -0.39 is 0 Å². The molecule has 164 valence electrons. The van der Waals surface area contributed by atoms with E-state index in [2.05, 4.69) is 28.7 Å². The largest absolute Gasteiger partial charge is 0.376 e. The molecule has 1 aliphatic rings. The number of H-pyrrole nitrogens is 1. The average Bonchev–Trinajstić information content (AvgIpc) is 3.50. The highest BCUT2D eigenvalue weighted by molar-refractivity contribution is 6.30. The molecule has 1 amide bonds. The molecule has 0 bridgehead atoms. The summed E-state index contributed by atoms with van der Waals surface area (Å²) < 4.78 is 8.06. The lowest BCUT2D eigenvalue weighted by atomic mass is 10.1. The normalized spacial score (nSPS) is 16.0. The number of nitrogens with one attached hydrogen (secondary N) is 2. The summed E-state index contributed by atoms with van der Waals surface area (Å²) >= 11 is 6.00. The van der Waals surface area contributed by atoms with Crippen molar-refractivity contribution >= 4 is 34.4 Å². The van der Waals surface area contributed by atoms with Crippen molar-refractivity contribution in [2.45, 2.75) is 39.3 Å². The highest BCUT2D eigenvalue weighted by atomic mass is 35.5. The molecule has 2 N–H and O–H groups in total. The first-order valence-corrected chi connectivity index (χ1v) is 11.2. The standard InChI is InChI=1S/C25H25ClN4O2/c1-15-16(2)30(14-19-6-5-13-32-19)24(29-25(31)17-9-11-18(26)12-10-17)22(15)23-27-20-7-3-4-8-21(20)28-23/h3-4,7-12,19H,5-6,13-14H2,1-2H3,(H,27,28)(H,29,31)/t19-/m1/s1. The molecule has 2 aromatic heterocycles. The molecule has 7 heteroatoms. The lowest BCUT2D eigenvalue weighted by Crippen LogP contribution is -2.21. The van der Waals surface area contributed by atoms with Gasteiger partial charge in [0.2, 0.25) is 0 Å². The topological polar surface area (TPSA) is 71.9 Å². The van der Waals surface area contributed by atoms with Crippen LogP contribution in [0.15, 0.2) is 48.5 Å². The number of aromatic amines is 1. The Hall–Kier alpha value is -3.09. The van der Waals surface area contributed by atoms with E-state index in [0.29, 0.717) is 17.1 Å². The van der Waals surface area contributed by atoms with E-state index in [0.717, 1.165) is 58.9 Å². The van der Waals surface area contributed by atoms with E-state index in [4.69, 9.17) is 21.3 Å². The van der Waals surface area contributed by atoms with Gasteiger partial charge in [-0.1, -0.05) is 23.7 Å². The van der Waals surface area contributed by atoms with Crippen molar-refractivity contribution in [1.29, 1.82) is 0 Å². The Kier molecular flexibility index (Phi) is 5.49. The summed E-state index contributed by atoms with van der Waals surface area (Å²) in [5.41, 5.74) is 5.46. The fraction of sp³-hybridized carbons (Fsp3) is 0.280. The van der Waals surface area contributed by atoms with Gasteiger partial charge in [0, 0.05) is 22.9 Å². The minimum Gasteiger partial charge on any atom is -0.376 e. The van der Waals surface area contributed by atoms with Crippen LogP contribution in [0.5, 0.6) is 0 Å². The molecule has 6 nitrogen and oxygen atoms in total. The second-order valence-electron chi connectivity index (χ2n) is 8.24. The molecule has 0 saturated carbocycles. The first-order valence-electron chi connectivity index (χ1n) is 10.8. The summed E-state index contributed by atoms with van der Waals surface area (Å²) in [6.45, 7) is 5.62. The number of fused-ring (bicyclic) bond motifs is 1. The van der Waals surface area contributed by atoms with E-state index in [1.807, 2.05) is 24.3 Å². The number of halogens is 1. The Bertz CT molecular complexity index is 1250. The number of anilines is 1. The van der Waals surface area contributed by atoms with Crippen LogP contribution in [0.2, 0.25) is 5.02 Å². The molecule has 1 fully saturated rings. The minimum atomic E-state index is -0.190. The molecule has 0 unspecified atom stereocenters. The molecule has 32 heavy (non-hydrogen) atoms. The maximum absolute atomic E-state index is 13.2. The summed E-state index contributed by atoms with van der Waals surface area (Å²) in [6.07, 6.45) is 2.21. The van der Waals surface area contributed by atoms with Gasteiger partial charge in [0.05, 0.1) is 29.2 Å². The monoisotopic (exact) mass is 448 g/mol. The van der Waals surface area contributed by atoms with Gasteiger partial charge in [-0.25, -0.2) is 4.98 Å². The maximum Gasteiger partial charge on any atom is 0.256 e. The molecule has 0 radical (unpaired) electrons. The fourth-order valence-corrected chi connectivity index (χ4v) is 4.48. The van der Waals surface area contributed by atoms with E-state index in [1.54, 1.807) is 24.3 Å². The SMILES string of the molecule is Cc1c(-c2nc3ccccc3[nH]2)c(NC(=O)c2ccc(Cl)cc2)n(C[C@H]2CCCO2)c1C. The number of rotatable bonds is 5. The van der Waals surface area contributed by atoms with Crippen LogP contribution in [0.1, 0.15) is 34.5 Å². The number of imidazole rings is 1. The van der Waals surface area contributed by atoms with Gasteiger partial charge in [-0.15, -0.1) is 0 Å². The van der Waals surface area contributed by atoms with E-state index in [9.17, 15) is 4.79 Å². The quantitative estimate of drug-likeness (QED) is 0.409. The zero-order valence-corrected chi connectivity index (χ0v) is 18.9. The summed E-state index contributed by atoms with van der Waals surface area (Å²) in [7, 11) is 0. The van der Waals surface area contributed by atoms with Crippen molar-refractivity contribution in [3.05, 3.63) is 70.4 Å². The van der Waals surface area contributed by atoms with Gasteiger partial charge in [-0.2, -0.15) is 0 Å². The van der Waals surface area contributed by atoms with Crippen molar-refractivity contribution in [2.24, 2.45) is 0 Å². The van der Waals surface area contributed by atoms with Crippen molar-refractivity contribution < 1.29 is 9.53 Å². The molecule has 1 saturated heterocycles. The summed E-state index contributed by atoms with van der Waals surface area (Å²) in [4.78, 5) is 21.4. The lowest BCUT2D eigenvalue weighted by Gasteiger charge is -2.17. The van der Waals surface area contributed by atoms with Crippen LogP contribution in [0, 0.1) is 13.8 Å². The molecular formula is C25H25ClN4O2. The van der Waals surface area contributed by atoms with Gasteiger partial charge in [0.25, 0.3) is 5.91 Å². The minimum absolute atomic E-state index is 0.134. The number of aromatic nitrogens is 3. The van der Waals surface area contributed by atoms with Gasteiger partial charge in [0.15, 0.2) is 0 Å². The molecule has 4 aromatic rings. The molecular weight excluding hydrogens is 424 g/mol. The number of carbonyl (C=O) groups is 1. The number of para-hydroxylation sites is 2. The van der Waals surface area contributed by atoms with Crippen LogP contribution in [-0.2, 0) is 11.3 Å². The number of amides is 1. The predicted molar refractivity (Wildman–Crippen MR) is 127 cm³/mol. The third-order valence-corrected chi connectivity index (χ3v) is 6.46. The lowest BCUT2D eigenvalue weighted by molar-refractivity contribution is 0.0962. The second kappa shape index (κ2) is 8.45. The fourth-order valence-electron chi connectivity index (χ4n) is 4.36. The molecule has 1 aliphatic heterocycles. The number of hydrogen-bond donors (Lipinski definition) is 2. The number of ether oxygens (including phenoxy) is 1. The Morgan fingerprint density at radius 1 is 1.22 bits per heavy atom. The Morgan fingerprint density at radius 2 is 2.00 bits per heavy atom. The van der Waals surface area contributed by atoms with Crippen LogP contribution in [0.4, 0.5) is 5.82 Å². The first-order chi connectivity index (χ1) is 15.5. The van der Waals surface area contributed by atoms with Crippen LogP contribution in [0.3, 0.4) is 0 Å². The highest BCUT2D eigenvalue weighted by Gasteiger charge is 2.26. The van der Waals surface area contributed by atoms with E-state index in [1.165, 1.54) is 0 Å². The van der Waals surface area contributed by atoms with Gasteiger partial charge >= 0.3 is 0 Å². The number of carbonyl (C=O) groups excluding carboxylic acids is 1. The van der Waals surface area contributed by atoms with Gasteiger partial charge in [-0.3, -0.25) is 4.79 Å². The zero-order valence-electron chi connectivity index (χ0n) is 18.1. The molecule has 3 heterocycles. The predicted octanol–water partition coefficient (Wildman–Crippen LogP) is 5.73. The smallest absolute Gasteiger partial charge is 0.256 e. The van der Waals surface area contributed by atoms with E-state index in [-0.39, 0.29) is 12.0 Å². The summed E-state index contributed by atoms with van der Waals surface area (Å²) in [5, 5.41) is 3.75. The van der Waals surface area contributed by atoms with Crippen molar-refractivity contribution in [1.82, 2.24) is 14.5 Å². The molecule has 0 aliphatic carbocycles. The highest BCUT2D eigenvalue weighted by Crippen LogP contribution is 2.37. The van der Waals surface area contributed by atoms with Crippen molar-refractivity contribution in [2.75, 3.05) is 11.9 Å².